The summed E-state index contributed by atoms with van der Waals surface area (Å²) in [6.07, 6.45) is 2.14. The van der Waals surface area contributed by atoms with Crippen LogP contribution in [0.25, 0.3) is 5.69 Å². The van der Waals surface area contributed by atoms with Crippen LogP contribution in [-0.2, 0) is 0 Å². The number of aryl methyl sites for hydroxylation is 1. The molecule has 0 unspecified atom stereocenters. The maximum absolute atomic E-state index is 14.2. The van der Waals surface area contributed by atoms with E-state index in [0.717, 1.165) is 31.6 Å². The van der Waals surface area contributed by atoms with E-state index in [4.69, 9.17) is 11.6 Å². The topological polar surface area (TPSA) is 67.2 Å². The van der Waals surface area contributed by atoms with Crippen molar-refractivity contribution < 1.29 is 9.18 Å². The zero-order valence-corrected chi connectivity index (χ0v) is 17.1. The lowest BCUT2D eigenvalue weighted by Crippen LogP contribution is -2.28. The van der Waals surface area contributed by atoms with Crippen LogP contribution < -0.4 is 15.6 Å². The minimum atomic E-state index is -0.673. The van der Waals surface area contributed by atoms with Crippen molar-refractivity contribution in [1.29, 1.82) is 0 Å². The van der Waals surface area contributed by atoms with Gasteiger partial charge in [-0.25, -0.2) is 9.07 Å². The molecule has 1 saturated heterocycles. The maximum Gasteiger partial charge on any atom is 0.280 e. The average Bonchev–Trinajstić information content (AvgIpc) is 3.23. The predicted octanol–water partition coefficient (Wildman–Crippen LogP) is 4.19. The highest BCUT2D eigenvalue weighted by Gasteiger charge is 2.21. The third kappa shape index (κ3) is 3.93. The molecule has 3 aromatic rings. The molecule has 1 fully saturated rings. The summed E-state index contributed by atoms with van der Waals surface area (Å²) in [5.41, 5.74) is 1.06. The van der Waals surface area contributed by atoms with Crippen LogP contribution in [0.2, 0.25) is 5.02 Å². The van der Waals surface area contributed by atoms with Crippen molar-refractivity contribution >= 4 is 28.9 Å². The molecule has 4 rings (SSSR count). The first-order chi connectivity index (χ1) is 14.4. The summed E-state index contributed by atoms with van der Waals surface area (Å²) < 4.78 is 15.5. The first-order valence-corrected chi connectivity index (χ1v) is 10.0. The van der Waals surface area contributed by atoms with E-state index in [2.05, 4.69) is 15.3 Å². The smallest absolute Gasteiger partial charge is 0.280 e. The van der Waals surface area contributed by atoms with Gasteiger partial charge in [-0.2, -0.15) is 5.10 Å². The van der Waals surface area contributed by atoms with Crippen LogP contribution in [0, 0.1) is 12.7 Å². The number of nitrogens with one attached hydrogen (secondary N) is 1. The Morgan fingerprint density at radius 1 is 1.10 bits per heavy atom. The minimum absolute atomic E-state index is 0.157. The van der Waals surface area contributed by atoms with Gasteiger partial charge in [-0.3, -0.25) is 9.59 Å². The van der Waals surface area contributed by atoms with E-state index in [1.54, 1.807) is 31.2 Å². The van der Waals surface area contributed by atoms with Crippen LogP contribution in [0.4, 0.5) is 15.8 Å². The highest BCUT2D eigenvalue weighted by atomic mass is 35.5. The lowest BCUT2D eigenvalue weighted by Gasteiger charge is -2.22. The molecule has 0 saturated carbocycles. The Labute approximate surface area is 177 Å². The van der Waals surface area contributed by atoms with Crippen LogP contribution in [-0.4, -0.2) is 28.8 Å². The second-order valence-electron chi connectivity index (χ2n) is 7.17. The standard InChI is InChI=1S/C22H20ClFN4O2/c1-14-12-20(29)21(26-28(14)18-7-3-2-6-16(18)24)22(30)25-17-13-15(23)8-9-19(17)27-10-4-5-11-27/h2-3,6-9,12-13H,4-5,10-11H2,1H3,(H,25,30). The number of carbonyl (C=O) groups is 1. The number of carbonyl (C=O) groups excluding carboxylic acids is 1. The van der Waals surface area contributed by atoms with Crippen LogP contribution in [0.5, 0.6) is 0 Å². The molecule has 2 aromatic carbocycles. The first kappa shape index (κ1) is 20.1. The number of amides is 1. The molecule has 0 bridgehead atoms. The summed E-state index contributed by atoms with van der Waals surface area (Å²) in [4.78, 5) is 27.6. The van der Waals surface area contributed by atoms with Crippen LogP contribution in [0.15, 0.2) is 53.3 Å². The van der Waals surface area contributed by atoms with Gasteiger partial charge >= 0.3 is 0 Å². The van der Waals surface area contributed by atoms with Crippen molar-refractivity contribution in [2.24, 2.45) is 0 Å². The zero-order valence-electron chi connectivity index (χ0n) is 16.4. The number of benzene rings is 2. The predicted molar refractivity (Wildman–Crippen MR) is 115 cm³/mol. The van der Waals surface area contributed by atoms with E-state index in [0.29, 0.717) is 16.4 Å². The average molecular weight is 427 g/mol. The van der Waals surface area contributed by atoms with E-state index in [-0.39, 0.29) is 11.4 Å². The maximum atomic E-state index is 14.2. The van der Waals surface area contributed by atoms with Gasteiger partial charge in [0.1, 0.15) is 11.5 Å². The van der Waals surface area contributed by atoms with Gasteiger partial charge in [0.2, 0.25) is 5.43 Å². The lowest BCUT2D eigenvalue weighted by atomic mass is 10.2. The number of anilines is 2. The third-order valence-corrected chi connectivity index (χ3v) is 5.29. The third-order valence-electron chi connectivity index (χ3n) is 5.06. The van der Waals surface area contributed by atoms with Crippen LogP contribution in [0.3, 0.4) is 0 Å². The molecular formula is C22H20ClFN4O2. The minimum Gasteiger partial charge on any atom is -0.370 e. The molecule has 1 amide bonds. The van der Waals surface area contributed by atoms with E-state index in [1.165, 1.54) is 22.9 Å². The van der Waals surface area contributed by atoms with Crippen molar-refractivity contribution in [2.75, 3.05) is 23.3 Å². The summed E-state index contributed by atoms with van der Waals surface area (Å²) in [7, 11) is 0. The number of hydrogen-bond acceptors (Lipinski definition) is 4. The van der Waals surface area contributed by atoms with E-state index >= 15 is 0 Å². The fourth-order valence-electron chi connectivity index (χ4n) is 3.60. The molecule has 0 radical (unpaired) electrons. The molecular weight excluding hydrogens is 407 g/mol. The van der Waals surface area contributed by atoms with Crippen molar-refractivity contribution in [3.63, 3.8) is 0 Å². The Hall–Kier alpha value is -3.19. The number of aromatic nitrogens is 2. The van der Waals surface area contributed by atoms with Crippen molar-refractivity contribution in [3.8, 4) is 5.69 Å². The quantitative estimate of drug-likeness (QED) is 0.679. The van der Waals surface area contributed by atoms with Crippen LogP contribution >= 0.6 is 11.6 Å². The fraction of sp³-hybridized carbons (Fsp3) is 0.227. The molecule has 1 aliphatic rings. The Kier molecular flexibility index (Phi) is 5.55. The van der Waals surface area contributed by atoms with Gasteiger partial charge in [-0.1, -0.05) is 23.7 Å². The molecule has 0 aliphatic carbocycles. The van der Waals surface area contributed by atoms with Gasteiger partial charge < -0.3 is 10.2 Å². The normalized spacial score (nSPS) is 13.5. The number of hydrogen-bond donors (Lipinski definition) is 1. The zero-order chi connectivity index (χ0) is 21.3. The van der Waals surface area contributed by atoms with Gasteiger partial charge in [0.15, 0.2) is 5.69 Å². The number of nitrogens with zero attached hydrogens (tertiary/aromatic N) is 3. The van der Waals surface area contributed by atoms with Gasteiger partial charge in [0.25, 0.3) is 5.91 Å². The Morgan fingerprint density at radius 3 is 2.57 bits per heavy atom. The van der Waals surface area contributed by atoms with Crippen LogP contribution in [0.1, 0.15) is 29.0 Å². The van der Waals surface area contributed by atoms with Gasteiger partial charge in [-0.15, -0.1) is 0 Å². The second-order valence-corrected chi connectivity index (χ2v) is 7.61. The van der Waals surface area contributed by atoms with Gasteiger partial charge in [-0.05, 0) is 50.1 Å². The molecule has 0 spiro atoms. The summed E-state index contributed by atoms with van der Waals surface area (Å²) in [6, 6.07) is 12.6. The first-order valence-electron chi connectivity index (χ1n) is 9.66. The molecule has 6 nitrogen and oxygen atoms in total. The number of rotatable bonds is 4. The Bertz CT molecular complexity index is 1170. The van der Waals surface area contributed by atoms with Gasteiger partial charge in [0.05, 0.1) is 11.4 Å². The lowest BCUT2D eigenvalue weighted by molar-refractivity contribution is 0.101. The summed E-state index contributed by atoms with van der Waals surface area (Å²) in [6.45, 7) is 3.39. The van der Waals surface area contributed by atoms with E-state index < -0.39 is 17.2 Å². The molecule has 8 heteroatoms. The molecule has 1 aliphatic heterocycles. The highest BCUT2D eigenvalue weighted by molar-refractivity contribution is 6.31. The second kappa shape index (κ2) is 8.28. The molecule has 1 aromatic heterocycles. The molecule has 2 heterocycles. The van der Waals surface area contributed by atoms with E-state index in [1.807, 2.05) is 6.07 Å². The number of para-hydroxylation sites is 1. The monoisotopic (exact) mass is 426 g/mol. The SMILES string of the molecule is Cc1cc(=O)c(C(=O)Nc2cc(Cl)ccc2N2CCCC2)nn1-c1ccccc1F. The van der Waals surface area contributed by atoms with Crippen molar-refractivity contribution in [2.45, 2.75) is 19.8 Å². The fourth-order valence-corrected chi connectivity index (χ4v) is 3.77. The summed E-state index contributed by atoms with van der Waals surface area (Å²) in [5.74, 6) is -1.18. The van der Waals surface area contributed by atoms with Crippen molar-refractivity contribution in [1.82, 2.24) is 9.78 Å². The number of halogens is 2. The largest absolute Gasteiger partial charge is 0.370 e. The molecule has 30 heavy (non-hydrogen) atoms. The van der Waals surface area contributed by atoms with E-state index in [9.17, 15) is 14.0 Å². The molecule has 0 atom stereocenters. The molecule has 1 N–H and O–H groups in total. The van der Waals surface area contributed by atoms with Crippen molar-refractivity contribution in [3.05, 3.63) is 81.0 Å². The molecule has 154 valence electrons. The Balaban J connectivity index is 1.71. The summed E-state index contributed by atoms with van der Waals surface area (Å²) >= 11 is 6.13. The Morgan fingerprint density at radius 2 is 1.83 bits per heavy atom. The highest BCUT2D eigenvalue weighted by Crippen LogP contribution is 2.31. The van der Waals surface area contributed by atoms with Gasteiger partial charge in [0, 0.05) is 29.9 Å². The summed E-state index contributed by atoms with van der Waals surface area (Å²) in [5, 5.41) is 7.38.